The van der Waals surface area contributed by atoms with Gasteiger partial charge in [-0.25, -0.2) is 17.9 Å². The monoisotopic (exact) mass is 387 g/mol. The van der Waals surface area contributed by atoms with Gasteiger partial charge in [0.1, 0.15) is 0 Å². The molecule has 1 aliphatic rings. The third kappa shape index (κ3) is 5.30. The second-order valence-electron chi connectivity index (χ2n) is 6.83. The van der Waals surface area contributed by atoms with Crippen LogP contribution in [-0.2, 0) is 16.6 Å². The fraction of sp³-hybridized carbons (Fsp3) is 0.350. The Labute approximate surface area is 160 Å². The molecule has 0 aromatic heterocycles. The second kappa shape index (κ2) is 8.54. The number of amides is 2. The molecule has 1 N–H and O–H groups in total. The third-order valence-corrected chi connectivity index (χ3v) is 6.01. The van der Waals surface area contributed by atoms with E-state index in [1.54, 1.807) is 17.0 Å². The summed E-state index contributed by atoms with van der Waals surface area (Å²) in [6.45, 7) is 5.35. The first-order valence-electron chi connectivity index (χ1n) is 9.09. The summed E-state index contributed by atoms with van der Waals surface area (Å²) >= 11 is 0. The molecule has 1 saturated heterocycles. The van der Waals surface area contributed by atoms with Crippen LogP contribution in [0.25, 0.3) is 0 Å². The van der Waals surface area contributed by atoms with Crippen LogP contribution < -0.4 is 4.72 Å². The third-order valence-electron chi connectivity index (χ3n) is 4.68. The lowest BCUT2D eigenvalue weighted by Gasteiger charge is -2.22. The van der Waals surface area contributed by atoms with E-state index in [9.17, 15) is 13.2 Å². The first-order chi connectivity index (χ1) is 12.9. The number of rotatable bonds is 4. The number of aryl methyl sites for hydroxylation is 1. The van der Waals surface area contributed by atoms with Gasteiger partial charge in [-0.15, -0.1) is 0 Å². The highest BCUT2D eigenvalue weighted by molar-refractivity contribution is 7.90. The largest absolute Gasteiger partial charge is 0.331 e. The summed E-state index contributed by atoms with van der Waals surface area (Å²) in [4.78, 5) is 16.5. The van der Waals surface area contributed by atoms with Crippen molar-refractivity contribution in [1.29, 1.82) is 0 Å². The van der Waals surface area contributed by atoms with Crippen LogP contribution in [0.4, 0.5) is 4.79 Å². The van der Waals surface area contributed by atoms with E-state index in [-0.39, 0.29) is 4.90 Å². The van der Waals surface area contributed by atoms with Crippen LogP contribution >= 0.6 is 0 Å². The van der Waals surface area contributed by atoms with E-state index in [0.29, 0.717) is 19.6 Å². The van der Waals surface area contributed by atoms with Crippen molar-refractivity contribution in [2.45, 2.75) is 24.8 Å². The highest BCUT2D eigenvalue weighted by Gasteiger charge is 2.24. The van der Waals surface area contributed by atoms with Gasteiger partial charge in [0.2, 0.25) is 0 Å². The molecular formula is C20H25N3O3S. The summed E-state index contributed by atoms with van der Waals surface area (Å²) in [5.41, 5.74) is 2.20. The minimum Gasteiger partial charge on any atom is -0.323 e. The van der Waals surface area contributed by atoms with Crippen LogP contribution in [0.15, 0.2) is 59.5 Å². The molecule has 3 rings (SSSR count). The molecule has 144 valence electrons. The summed E-state index contributed by atoms with van der Waals surface area (Å²) in [5, 5.41) is 0. The molecule has 0 atom stereocenters. The predicted octanol–water partition coefficient (Wildman–Crippen LogP) is 2.60. The molecule has 1 fully saturated rings. The Morgan fingerprint density at radius 2 is 1.67 bits per heavy atom. The minimum atomic E-state index is -3.85. The molecule has 0 saturated carbocycles. The average molecular weight is 388 g/mol. The molecule has 7 heteroatoms. The Balaban J connectivity index is 1.58. The van der Waals surface area contributed by atoms with Crippen molar-refractivity contribution in [3.05, 3.63) is 65.7 Å². The predicted molar refractivity (Wildman–Crippen MR) is 105 cm³/mol. The Kier molecular flexibility index (Phi) is 6.13. The Bertz CT molecular complexity index is 867. The van der Waals surface area contributed by atoms with Gasteiger partial charge in [-0.05, 0) is 31.0 Å². The zero-order valence-electron chi connectivity index (χ0n) is 15.5. The van der Waals surface area contributed by atoms with Gasteiger partial charge in [0, 0.05) is 32.7 Å². The average Bonchev–Trinajstić information content (AvgIpc) is 2.88. The second-order valence-corrected chi connectivity index (χ2v) is 8.51. The molecule has 0 bridgehead atoms. The zero-order chi connectivity index (χ0) is 19.3. The molecule has 2 amide bonds. The van der Waals surface area contributed by atoms with Gasteiger partial charge in [-0.2, -0.15) is 0 Å². The van der Waals surface area contributed by atoms with E-state index in [0.717, 1.165) is 25.1 Å². The van der Waals surface area contributed by atoms with Crippen molar-refractivity contribution < 1.29 is 13.2 Å². The number of hydrogen-bond donors (Lipinski definition) is 1. The number of nitrogens with zero attached hydrogens (tertiary/aromatic N) is 2. The number of carbonyl (C=O) groups excluding carboxylic acids is 1. The van der Waals surface area contributed by atoms with Crippen molar-refractivity contribution in [2.75, 3.05) is 26.2 Å². The van der Waals surface area contributed by atoms with Crippen molar-refractivity contribution in [1.82, 2.24) is 14.5 Å². The van der Waals surface area contributed by atoms with Gasteiger partial charge in [-0.3, -0.25) is 4.90 Å². The number of sulfonamides is 1. The molecule has 1 aliphatic heterocycles. The van der Waals surface area contributed by atoms with Crippen LogP contribution in [0.3, 0.4) is 0 Å². The van der Waals surface area contributed by atoms with Gasteiger partial charge < -0.3 is 4.90 Å². The van der Waals surface area contributed by atoms with Crippen LogP contribution in [0.2, 0.25) is 0 Å². The fourth-order valence-corrected chi connectivity index (χ4v) is 4.10. The van der Waals surface area contributed by atoms with E-state index < -0.39 is 16.1 Å². The van der Waals surface area contributed by atoms with Crippen LogP contribution in [0, 0.1) is 6.92 Å². The maximum absolute atomic E-state index is 12.5. The van der Waals surface area contributed by atoms with Crippen molar-refractivity contribution in [2.24, 2.45) is 0 Å². The smallest absolute Gasteiger partial charge is 0.323 e. The molecule has 1 heterocycles. The molecule has 0 aliphatic carbocycles. The molecule has 2 aromatic rings. The van der Waals surface area contributed by atoms with Crippen LogP contribution in [-0.4, -0.2) is 50.4 Å². The Morgan fingerprint density at radius 3 is 2.37 bits per heavy atom. The summed E-state index contributed by atoms with van der Waals surface area (Å²) in [7, 11) is -3.85. The number of urea groups is 1. The molecular weight excluding hydrogens is 362 g/mol. The summed E-state index contributed by atoms with van der Waals surface area (Å²) in [6.07, 6.45) is 0.810. The topological polar surface area (TPSA) is 69.7 Å². The van der Waals surface area contributed by atoms with Gasteiger partial charge in [0.05, 0.1) is 4.90 Å². The maximum atomic E-state index is 12.5. The molecule has 0 spiro atoms. The molecule has 0 radical (unpaired) electrons. The van der Waals surface area contributed by atoms with Gasteiger partial charge >= 0.3 is 6.03 Å². The molecule has 6 nitrogen and oxygen atoms in total. The fourth-order valence-electron chi connectivity index (χ4n) is 3.13. The summed E-state index contributed by atoms with van der Waals surface area (Å²) in [6, 6.07) is 16.1. The molecule has 0 unspecified atom stereocenters. The Morgan fingerprint density at radius 1 is 0.963 bits per heavy atom. The summed E-state index contributed by atoms with van der Waals surface area (Å²) in [5.74, 6) is 0. The van der Waals surface area contributed by atoms with Crippen LogP contribution in [0.1, 0.15) is 17.5 Å². The number of hydrogen-bond acceptors (Lipinski definition) is 4. The zero-order valence-corrected chi connectivity index (χ0v) is 16.3. The van der Waals surface area contributed by atoms with E-state index in [1.807, 2.05) is 25.1 Å². The van der Waals surface area contributed by atoms with Crippen molar-refractivity contribution >= 4 is 16.1 Å². The first-order valence-corrected chi connectivity index (χ1v) is 10.6. The van der Waals surface area contributed by atoms with Gasteiger partial charge in [-0.1, -0.05) is 48.0 Å². The number of benzene rings is 2. The van der Waals surface area contributed by atoms with E-state index in [4.69, 9.17) is 0 Å². The van der Waals surface area contributed by atoms with Crippen molar-refractivity contribution in [3.8, 4) is 0 Å². The lowest BCUT2D eigenvalue weighted by Crippen LogP contribution is -2.44. The summed E-state index contributed by atoms with van der Waals surface area (Å²) < 4.78 is 27.0. The van der Waals surface area contributed by atoms with E-state index in [1.165, 1.54) is 17.7 Å². The number of nitrogens with one attached hydrogen (secondary N) is 1. The highest BCUT2D eigenvalue weighted by Crippen LogP contribution is 2.12. The Hall–Kier alpha value is -2.38. The minimum absolute atomic E-state index is 0.0991. The maximum Gasteiger partial charge on any atom is 0.331 e. The molecule has 2 aromatic carbocycles. The lowest BCUT2D eigenvalue weighted by molar-refractivity contribution is 0.203. The highest BCUT2D eigenvalue weighted by atomic mass is 32.2. The quantitative estimate of drug-likeness (QED) is 0.876. The van der Waals surface area contributed by atoms with Gasteiger partial charge in [0.25, 0.3) is 10.0 Å². The van der Waals surface area contributed by atoms with Gasteiger partial charge in [0.15, 0.2) is 0 Å². The SMILES string of the molecule is Cc1ccc(S(=O)(=O)NC(=O)N2CCCN(Cc3ccccc3)CC2)cc1. The first kappa shape index (κ1) is 19.4. The normalized spacial score (nSPS) is 16.0. The lowest BCUT2D eigenvalue weighted by atomic mass is 10.2. The van der Waals surface area contributed by atoms with E-state index in [2.05, 4.69) is 21.8 Å². The van der Waals surface area contributed by atoms with E-state index >= 15 is 0 Å². The standard InChI is InChI=1S/C20H25N3O3S/c1-17-8-10-19(11-9-17)27(25,26)21-20(24)23-13-5-12-22(14-15-23)16-18-6-3-2-4-7-18/h2-4,6-11H,5,12-16H2,1H3,(H,21,24). The number of carbonyl (C=O) groups is 1. The molecule has 27 heavy (non-hydrogen) atoms. The van der Waals surface area contributed by atoms with Crippen molar-refractivity contribution in [3.63, 3.8) is 0 Å². The van der Waals surface area contributed by atoms with Crippen LogP contribution in [0.5, 0.6) is 0 Å².